The molecule has 0 aliphatic carbocycles. The van der Waals surface area contributed by atoms with E-state index in [1.165, 1.54) is 0 Å². The zero-order valence-corrected chi connectivity index (χ0v) is 8.35. The van der Waals surface area contributed by atoms with Crippen LogP contribution in [0.1, 0.15) is 44.9 Å². The zero-order chi connectivity index (χ0) is 10.6. The zero-order valence-electron chi connectivity index (χ0n) is 8.35. The minimum absolute atomic E-state index is 0.277. The van der Waals surface area contributed by atoms with Gasteiger partial charge in [0.2, 0.25) is 0 Å². The van der Waals surface area contributed by atoms with Gasteiger partial charge in [-0.2, -0.15) is 0 Å². The maximum Gasteiger partial charge on any atom is 0.303 e. The van der Waals surface area contributed by atoms with Gasteiger partial charge in [-0.3, -0.25) is 4.79 Å². The van der Waals surface area contributed by atoms with Crippen LogP contribution in [-0.4, -0.2) is 17.6 Å². The Labute approximate surface area is 83.7 Å². The van der Waals surface area contributed by atoms with Crippen molar-refractivity contribution in [2.75, 3.05) is 6.54 Å². The van der Waals surface area contributed by atoms with Gasteiger partial charge >= 0.3 is 5.97 Å². The molecule has 0 aliphatic heterocycles. The van der Waals surface area contributed by atoms with Crippen molar-refractivity contribution in [3.05, 3.63) is 10.4 Å². The summed E-state index contributed by atoms with van der Waals surface area (Å²) in [6.45, 7) is 0.575. The lowest BCUT2D eigenvalue weighted by Crippen LogP contribution is -1.93. The molecule has 0 aromatic rings. The molecule has 0 aromatic heterocycles. The van der Waals surface area contributed by atoms with E-state index in [4.69, 9.17) is 10.6 Å². The Bertz CT molecular complexity index is 192. The van der Waals surface area contributed by atoms with Crippen molar-refractivity contribution >= 4 is 5.97 Å². The fraction of sp³-hybridized carbons (Fsp3) is 0.889. The topological polar surface area (TPSA) is 86.1 Å². The van der Waals surface area contributed by atoms with Crippen LogP contribution in [0, 0.1) is 0 Å². The van der Waals surface area contributed by atoms with Gasteiger partial charge in [0.15, 0.2) is 0 Å². The minimum atomic E-state index is -0.714. The molecule has 0 bridgehead atoms. The van der Waals surface area contributed by atoms with E-state index in [9.17, 15) is 4.79 Å². The number of hydrogen-bond acceptors (Lipinski definition) is 2. The molecule has 0 amide bonds. The molecule has 1 N–H and O–H groups in total. The normalized spacial score (nSPS) is 9.43. The molecule has 0 radical (unpaired) electrons. The van der Waals surface area contributed by atoms with Crippen LogP contribution >= 0.6 is 0 Å². The van der Waals surface area contributed by atoms with Crippen molar-refractivity contribution in [3.8, 4) is 0 Å². The molecular weight excluding hydrogens is 182 g/mol. The number of rotatable bonds is 9. The number of carbonyl (C=O) groups is 1. The average molecular weight is 199 g/mol. The largest absolute Gasteiger partial charge is 0.481 e. The van der Waals surface area contributed by atoms with Gasteiger partial charge in [0.25, 0.3) is 0 Å². The lowest BCUT2D eigenvalue weighted by atomic mass is 10.1. The number of azide groups is 1. The number of carboxylic acids is 1. The van der Waals surface area contributed by atoms with E-state index < -0.39 is 5.97 Å². The number of nitrogens with zero attached hydrogens (tertiary/aromatic N) is 3. The minimum Gasteiger partial charge on any atom is -0.481 e. The molecule has 0 unspecified atom stereocenters. The summed E-state index contributed by atoms with van der Waals surface area (Å²) in [5, 5.41) is 11.8. The van der Waals surface area contributed by atoms with Gasteiger partial charge in [-0.1, -0.05) is 30.8 Å². The summed E-state index contributed by atoms with van der Waals surface area (Å²) >= 11 is 0. The third-order valence-electron chi connectivity index (χ3n) is 1.96. The molecule has 5 nitrogen and oxygen atoms in total. The fourth-order valence-electron chi connectivity index (χ4n) is 1.21. The van der Waals surface area contributed by atoms with Crippen molar-refractivity contribution in [1.29, 1.82) is 0 Å². The van der Waals surface area contributed by atoms with Crippen LogP contribution in [0.25, 0.3) is 10.4 Å². The highest BCUT2D eigenvalue weighted by Crippen LogP contribution is 2.07. The molecule has 5 heteroatoms. The molecular formula is C9H17N3O2. The van der Waals surface area contributed by atoms with Crippen LogP contribution in [0.15, 0.2) is 5.11 Å². The molecule has 0 spiro atoms. The molecule has 14 heavy (non-hydrogen) atoms. The third kappa shape index (κ3) is 10.8. The molecule has 0 aliphatic rings. The first-order valence-electron chi connectivity index (χ1n) is 5.00. The molecule has 0 fully saturated rings. The van der Waals surface area contributed by atoms with E-state index in [1.807, 2.05) is 0 Å². The Kier molecular flexibility index (Phi) is 9.01. The Morgan fingerprint density at radius 1 is 1.14 bits per heavy atom. The van der Waals surface area contributed by atoms with Gasteiger partial charge in [-0.15, -0.1) is 0 Å². The summed E-state index contributed by atoms with van der Waals surface area (Å²) in [6.07, 6.45) is 6.19. The van der Waals surface area contributed by atoms with Crippen LogP contribution in [-0.2, 0) is 4.79 Å². The van der Waals surface area contributed by atoms with Gasteiger partial charge in [0, 0.05) is 17.9 Å². The van der Waals surface area contributed by atoms with E-state index >= 15 is 0 Å². The van der Waals surface area contributed by atoms with E-state index in [0.717, 1.165) is 38.5 Å². The second kappa shape index (κ2) is 9.86. The molecule has 0 heterocycles. The van der Waals surface area contributed by atoms with Crippen molar-refractivity contribution in [3.63, 3.8) is 0 Å². The van der Waals surface area contributed by atoms with Crippen LogP contribution < -0.4 is 0 Å². The van der Waals surface area contributed by atoms with Crippen LogP contribution in [0.4, 0.5) is 0 Å². The van der Waals surface area contributed by atoms with Gasteiger partial charge in [0.1, 0.15) is 0 Å². The summed E-state index contributed by atoms with van der Waals surface area (Å²) < 4.78 is 0. The van der Waals surface area contributed by atoms with Crippen LogP contribution in [0.2, 0.25) is 0 Å². The fourth-order valence-corrected chi connectivity index (χ4v) is 1.21. The second-order valence-electron chi connectivity index (χ2n) is 3.22. The third-order valence-corrected chi connectivity index (χ3v) is 1.96. The molecule has 80 valence electrons. The maximum atomic E-state index is 10.2. The van der Waals surface area contributed by atoms with Crippen molar-refractivity contribution < 1.29 is 9.90 Å². The first-order valence-corrected chi connectivity index (χ1v) is 5.00. The smallest absolute Gasteiger partial charge is 0.303 e. The summed E-state index contributed by atoms with van der Waals surface area (Å²) in [6, 6.07) is 0. The number of hydrogen-bond donors (Lipinski definition) is 1. The van der Waals surface area contributed by atoms with Gasteiger partial charge in [-0.25, -0.2) is 0 Å². The van der Waals surface area contributed by atoms with E-state index in [0.29, 0.717) is 6.54 Å². The first kappa shape index (κ1) is 12.8. The highest BCUT2D eigenvalue weighted by molar-refractivity contribution is 5.66. The molecule has 0 aromatic carbocycles. The molecule has 0 saturated heterocycles. The summed E-state index contributed by atoms with van der Waals surface area (Å²) in [5.74, 6) is -0.714. The van der Waals surface area contributed by atoms with E-state index in [2.05, 4.69) is 10.0 Å². The number of carboxylic acid groups (broad SMARTS) is 1. The Morgan fingerprint density at radius 3 is 2.29 bits per heavy atom. The predicted molar refractivity (Wildman–Crippen MR) is 54.0 cm³/mol. The lowest BCUT2D eigenvalue weighted by molar-refractivity contribution is -0.137. The van der Waals surface area contributed by atoms with Gasteiger partial charge in [-0.05, 0) is 18.4 Å². The van der Waals surface area contributed by atoms with Gasteiger partial charge < -0.3 is 5.11 Å². The SMILES string of the molecule is [N-]=[N+]=NCCCCCCCCC(=O)O. The van der Waals surface area contributed by atoms with Gasteiger partial charge in [0.05, 0.1) is 0 Å². The number of aliphatic carboxylic acids is 1. The predicted octanol–water partition coefficient (Wildman–Crippen LogP) is 3.11. The first-order chi connectivity index (χ1) is 6.77. The molecule has 0 atom stereocenters. The van der Waals surface area contributed by atoms with E-state index in [1.54, 1.807) is 0 Å². The standard InChI is InChI=1S/C9H17N3O2/c10-12-11-8-6-4-2-1-3-5-7-9(13)14/h1-8H2,(H,13,14). The van der Waals surface area contributed by atoms with Crippen molar-refractivity contribution in [1.82, 2.24) is 0 Å². The Morgan fingerprint density at radius 2 is 1.71 bits per heavy atom. The van der Waals surface area contributed by atoms with Crippen molar-refractivity contribution in [2.24, 2.45) is 5.11 Å². The summed E-state index contributed by atoms with van der Waals surface area (Å²) in [5.41, 5.74) is 7.99. The monoisotopic (exact) mass is 199 g/mol. The van der Waals surface area contributed by atoms with Crippen LogP contribution in [0.3, 0.4) is 0 Å². The summed E-state index contributed by atoms with van der Waals surface area (Å²) in [7, 11) is 0. The number of unbranched alkanes of at least 4 members (excludes halogenated alkanes) is 5. The molecule has 0 saturated carbocycles. The van der Waals surface area contributed by atoms with Crippen molar-refractivity contribution in [2.45, 2.75) is 44.9 Å². The highest BCUT2D eigenvalue weighted by atomic mass is 16.4. The van der Waals surface area contributed by atoms with E-state index in [-0.39, 0.29) is 6.42 Å². The molecule has 0 rings (SSSR count). The lowest BCUT2D eigenvalue weighted by Gasteiger charge is -1.98. The maximum absolute atomic E-state index is 10.2. The second-order valence-corrected chi connectivity index (χ2v) is 3.22. The quantitative estimate of drug-likeness (QED) is 0.267. The average Bonchev–Trinajstić information content (AvgIpc) is 2.15. The highest BCUT2D eigenvalue weighted by Gasteiger charge is 1.95. The van der Waals surface area contributed by atoms with Crippen LogP contribution in [0.5, 0.6) is 0 Å². The Balaban J connectivity index is 2.99. The summed E-state index contributed by atoms with van der Waals surface area (Å²) in [4.78, 5) is 12.8. The Hall–Kier alpha value is -1.22.